The van der Waals surface area contributed by atoms with Crippen molar-refractivity contribution in [1.82, 2.24) is 0 Å². The van der Waals surface area contributed by atoms with Gasteiger partial charge in [0, 0.05) is 12.8 Å². The zero-order valence-corrected chi connectivity index (χ0v) is 6.95. The van der Waals surface area contributed by atoms with Crippen molar-refractivity contribution in [3.05, 3.63) is 0 Å². The third kappa shape index (κ3) is 2.25. The molecule has 1 fully saturated rings. The Morgan fingerprint density at radius 1 is 1.55 bits per heavy atom. The summed E-state index contributed by atoms with van der Waals surface area (Å²) in [6.45, 7) is 1.60. The third-order valence-electron chi connectivity index (χ3n) is 1.77. The molecule has 3 nitrogen and oxygen atoms in total. The molecule has 1 rings (SSSR count). The molecule has 0 heterocycles. The maximum Gasteiger partial charge on any atom is 0.302 e. The number of halogens is 1. The van der Waals surface area contributed by atoms with E-state index in [2.05, 4.69) is 0 Å². The third-order valence-corrected chi connectivity index (χ3v) is 2.81. The van der Waals surface area contributed by atoms with Crippen molar-refractivity contribution < 1.29 is 17.1 Å². The number of Topliss-reactive ketones (excluding diaryl/α,β-unsaturated/α-hetero) is 1. The van der Waals surface area contributed by atoms with E-state index < -0.39 is 21.4 Å². The molecule has 0 amide bonds. The highest BCUT2D eigenvalue weighted by molar-refractivity contribution is 7.86. The predicted octanol–water partition coefficient (Wildman–Crippen LogP) is 0.655. The molecule has 1 saturated carbocycles. The van der Waals surface area contributed by atoms with Crippen LogP contribution in [-0.4, -0.2) is 20.0 Å². The lowest BCUT2D eigenvalue weighted by Gasteiger charge is -2.34. The molecule has 0 saturated heterocycles. The van der Waals surface area contributed by atoms with Gasteiger partial charge in [-0.25, -0.2) is 0 Å². The lowest BCUT2D eigenvalue weighted by molar-refractivity contribution is -0.130. The van der Waals surface area contributed by atoms with E-state index in [0.717, 1.165) is 0 Å². The smallest absolute Gasteiger partial charge is 0.300 e. The molecule has 0 aromatic heterocycles. The van der Waals surface area contributed by atoms with Crippen molar-refractivity contribution in [3.8, 4) is 0 Å². The van der Waals surface area contributed by atoms with Crippen LogP contribution >= 0.6 is 0 Å². The second-order valence-corrected chi connectivity index (χ2v) is 4.75. The van der Waals surface area contributed by atoms with Gasteiger partial charge in [0.25, 0.3) is 0 Å². The Morgan fingerprint density at radius 3 is 2.27 bits per heavy atom. The van der Waals surface area contributed by atoms with E-state index in [9.17, 15) is 17.1 Å². The molecule has 0 bridgehead atoms. The van der Waals surface area contributed by atoms with Gasteiger partial charge in [0.15, 0.2) is 0 Å². The van der Waals surface area contributed by atoms with E-state index in [0.29, 0.717) is 0 Å². The summed E-state index contributed by atoms with van der Waals surface area (Å²) >= 11 is 0. The Labute approximate surface area is 64.8 Å². The van der Waals surface area contributed by atoms with Crippen LogP contribution in [0.1, 0.15) is 19.8 Å². The van der Waals surface area contributed by atoms with Crippen LogP contribution in [0.3, 0.4) is 0 Å². The normalized spacial score (nSPS) is 22.9. The quantitative estimate of drug-likeness (QED) is 0.586. The SMILES string of the molecule is CC1(CS(=O)(=O)F)CC(=O)C1. The monoisotopic (exact) mass is 180 g/mol. The summed E-state index contributed by atoms with van der Waals surface area (Å²) in [7, 11) is -4.42. The molecular formula is C6H9FO3S. The fourth-order valence-corrected chi connectivity index (χ4v) is 2.46. The Morgan fingerprint density at radius 2 is 2.00 bits per heavy atom. The van der Waals surface area contributed by atoms with Gasteiger partial charge in [-0.2, -0.15) is 8.42 Å². The summed E-state index contributed by atoms with van der Waals surface area (Å²) in [4.78, 5) is 10.5. The number of hydrogen-bond acceptors (Lipinski definition) is 3. The molecule has 5 heteroatoms. The van der Waals surface area contributed by atoms with Crippen LogP contribution in [-0.2, 0) is 15.0 Å². The largest absolute Gasteiger partial charge is 0.302 e. The van der Waals surface area contributed by atoms with Crippen molar-refractivity contribution in [3.63, 3.8) is 0 Å². The summed E-state index contributed by atoms with van der Waals surface area (Å²) < 4.78 is 32.4. The van der Waals surface area contributed by atoms with E-state index >= 15 is 0 Å². The fourth-order valence-electron chi connectivity index (χ4n) is 1.42. The van der Waals surface area contributed by atoms with E-state index in [1.54, 1.807) is 6.92 Å². The van der Waals surface area contributed by atoms with Crippen LogP contribution in [0.15, 0.2) is 0 Å². The number of ketones is 1. The fraction of sp³-hybridized carbons (Fsp3) is 0.833. The molecule has 0 spiro atoms. The van der Waals surface area contributed by atoms with Crippen molar-refractivity contribution in [2.24, 2.45) is 5.41 Å². The van der Waals surface area contributed by atoms with Crippen molar-refractivity contribution in [2.75, 3.05) is 5.75 Å². The molecule has 0 aliphatic heterocycles. The van der Waals surface area contributed by atoms with Gasteiger partial charge in [-0.3, -0.25) is 4.79 Å². The molecule has 0 atom stereocenters. The molecule has 11 heavy (non-hydrogen) atoms. The van der Waals surface area contributed by atoms with Gasteiger partial charge < -0.3 is 0 Å². The van der Waals surface area contributed by atoms with Gasteiger partial charge >= 0.3 is 10.2 Å². The molecule has 0 unspecified atom stereocenters. The van der Waals surface area contributed by atoms with Crippen LogP contribution < -0.4 is 0 Å². The average Bonchev–Trinajstić information content (AvgIpc) is 1.53. The first-order valence-corrected chi connectivity index (χ1v) is 4.80. The van der Waals surface area contributed by atoms with E-state index in [1.807, 2.05) is 0 Å². The minimum Gasteiger partial charge on any atom is -0.300 e. The number of carbonyl (C=O) groups is 1. The molecule has 0 N–H and O–H groups in total. The Hall–Kier alpha value is -0.450. The first kappa shape index (κ1) is 8.64. The molecule has 0 aromatic rings. The number of carbonyl (C=O) groups excluding carboxylic acids is 1. The summed E-state index contributed by atoms with van der Waals surface area (Å²) in [5.74, 6) is -0.512. The van der Waals surface area contributed by atoms with Crippen LogP contribution in [0, 0.1) is 5.41 Å². The lowest BCUT2D eigenvalue weighted by atomic mass is 9.71. The highest BCUT2D eigenvalue weighted by Crippen LogP contribution is 2.38. The minimum atomic E-state index is -4.42. The molecule has 0 radical (unpaired) electrons. The van der Waals surface area contributed by atoms with Gasteiger partial charge in [0.05, 0.1) is 5.75 Å². The highest BCUT2D eigenvalue weighted by Gasteiger charge is 2.42. The lowest BCUT2D eigenvalue weighted by Crippen LogP contribution is -2.39. The van der Waals surface area contributed by atoms with Crippen LogP contribution in [0.25, 0.3) is 0 Å². The zero-order valence-electron chi connectivity index (χ0n) is 6.13. The van der Waals surface area contributed by atoms with Gasteiger partial charge in [-0.05, 0) is 5.41 Å². The van der Waals surface area contributed by atoms with Gasteiger partial charge in [0.1, 0.15) is 5.78 Å². The van der Waals surface area contributed by atoms with Crippen molar-refractivity contribution in [2.45, 2.75) is 19.8 Å². The second kappa shape index (κ2) is 2.27. The van der Waals surface area contributed by atoms with E-state index in [1.165, 1.54) is 0 Å². The van der Waals surface area contributed by atoms with Crippen molar-refractivity contribution in [1.29, 1.82) is 0 Å². The first-order chi connectivity index (χ1) is 4.81. The molecule has 1 aliphatic carbocycles. The van der Waals surface area contributed by atoms with Gasteiger partial charge in [-0.15, -0.1) is 3.89 Å². The predicted molar refractivity (Wildman–Crippen MR) is 37.2 cm³/mol. The van der Waals surface area contributed by atoms with E-state index in [4.69, 9.17) is 0 Å². The summed E-state index contributed by atoms with van der Waals surface area (Å²) in [5, 5.41) is 0. The summed E-state index contributed by atoms with van der Waals surface area (Å²) in [6, 6.07) is 0. The Kier molecular flexibility index (Phi) is 1.78. The zero-order chi connectivity index (χ0) is 8.70. The summed E-state index contributed by atoms with van der Waals surface area (Å²) in [6.07, 6.45) is 0.381. The molecular weight excluding hydrogens is 171 g/mol. The van der Waals surface area contributed by atoms with Crippen LogP contribution in [0.4, 0.5) is 3.89 Å². The number of rotatable bonds is 2. The Balaban J connectivity index is 2.58. The minimum absolute atomic E-state index is 0.0103. The van der Waals surface area contributed by atoms with E-state index in [-0.39, 0.29) is 18.6 Å². The topological polar surface area (TPSA) is 51.2 Å². The molecule has 0 aromatic carbocycles. The second-order valence-electron chi connectivity index (χ2n) is 3.39. The van der Waals surface area contributed by atoms with Crippen LogP contribution in [0.5, 0.6) is 0 Å². The molecule has 64 valence electrons. The number of hydrogen-bond donors (Lipinski definition) is 0. The first-order valence-electron chi connectivity index (χ1n) is 3.25. The maximum absolute atomic E-state index is 12.1. The maximum atomic E-state index is 12.1. The highest BCUT2D eigenvalue weighted by atomic mass is 32.3. The van der Waals surface area contributed by atoms with Gasteiger partial charge in [0.2, 0.25) is 0 Å². The van der Waals surface area contributed by atoms with Gasteiger partial charge in [-0.1, -0.05) is 6.92 Å². The standard InChI is InChI=1S/C6H9FO3S/c1-6(2-5(8)3-6)4-11(7,9)10/h2-4H2,1H3. The molecule has 1 aliphatic rings. The van der Waals surface area contributed by atoms with Crippen LogP contribution in [0.2, 0.25) is 0 Å². The summed E-state index contributed by atoms with van der Waals surface area (Å²) in [5.41, 5.74) is -0.634. The van der Waals surface area contributed by atoms with Crippen molar-refractivity contribution >= 4 is 16.0 Å². The Bertz CT molecular complexity index is 272. The average molecular weight is 180 g/mol.